The van der Waals surface area contributed by atoms with Gasteiger partial charge in [0, 0.05) is 6.26 Å². The fourth-order valence-corrected chi connectivity index (χ4v) is 2.09. The number of rotatable bonds is 6. The molecule has 0 radical (unpaired) electrons. The Balaban J connectivity index is 2.63. The molecule has 0 aromatic heterocycles. The number of sulfone groups is 1. The lowest BCUT2D eigenvalue weighted by molar-refractivity contribution is 0.208. The third-order valence-corrected chi connectivity index (χ3v) is 3.53. The van der Waals surface area contributed by atoms with Crippen LogP contribution in [0.15, 0.2) is 29.2 Å². The third kappa shape index (κ3) is 4.75. The molecule has 96 valence electrons. The lowest BCUT2D eigenvalue weighted by Gasteiger charge is -2.14. The molecule has 4 nitrogen and oxygen atoms in total. The summed E-state index contributed by atoms with van der Waals surface area (Å²) in [7, 11) is -3.13. The first-order valence-corrected chi connectivity index (χ1v) is 7.49. The van der Waals surface area contributed by atoms with Gasteiger partial charge in [-0.05, 0) is 50.6 Å². The Bertz CT molecular complexity index is 439. The van der Waals surface area contributed by atoms with E-state index in [2.05, 4.69) is 0 Å². The molecular weight excluding hydrogens is 238 g/mol. The second-order valence-electron chi connectivity index (χ2n) is 4.10. The SMILES string of the molecule is CC(CCCN)Oc1ccc(S(C)(=O)=O)cc1. The summed E-state index contributed by atoms with van der Waals surface area (Å²) in [6.07, 6.45) is 3.09. The highest BCUT2D eigenvalue weighted by molar-refractivity contribution is 7.90. The molecule has 2 N–H and O–H groups in total. The van der Waals surface area contributed by atoms with Crippen molar-refractivity contribution in [3.63, 3.8) is 0 Å². The second-order valence-corrected chi connectivity index (χ2v) is 6.12. The first-order chi connectivity index (χ1) is 7.93. The van der Waals surface area contributed by atoms with E-state index in [0.717, 1.165) is 12.8 Å². The maximum absolute atomic E-state index is 11.3. The number of hydrogen-bond acceptors (Lipinski definition) is 4. The quantitative estimate of drug-likeness (QED) is 0.840. The van der Waals surface area contributed by atoms with Crippen LogP contribution in [0.5, 0.6) is 5.75 Å². The van der Waals surface area contributed by atoms with E-state index in [-0.39, 0.29) is 6.10 Å². The van der Waals surface area contributed by atoms with Gasteiger partial charge in [0.05, 0.1) is 11.0 Å². The minimum Gasteiger partial charge on any atom is -0.491 e. The highest BCUT2D eigenvalue weighted by atomic mass is 32.2. The van der Waals surface area contributed by atoms with Gasteiger partial charge in [0.1, 0.15) is 5.75 Å². The zero-order valence-electron chi connectivity index (χ0n) is 10.2. The van der Waals surface area contributed by atoms with Crippen molar-refractivity contribution in [3.05, 3.63) is 24.3 Å². The van der Waals surface area contributed by atoms with Gasteiger partial charge in [-0.1, -0.05) is 0 Å². The van der Waals surface area contributed by atoms with Crippen LogP contribution in [0.2, 0.25) is 0 Å². The Hall–Kier alpha value is -1.07. The highest BCUT2D eigenvalue weighted by Crippen LogP contribution is 2.17. The van der Waals surface area contributed by atoms with Gasteiger partial charge in [-0.2, -0.15) is 0 Å². The van der Waals surface area contributed by atoms with E-state index in [1.807, 2.05) is 6.92 Å². The third-order valence-electron chi connectivity index (χ3n) is 2.40. The average Bonchev–Trinajstić information content (AvgIpc) is 2.26. The lowest BCUT2D eigenvalue weighted by Crippen LogP contribution is -2.13. The Kier molecular flexibility index (Phi) is 4.96. The van der Waals surface area contributed by atoms with Gasteiger partial charge in [0.15, 0.2) is 9.84 Å². The Morgan fingerprint density at radius 2 is 1.88 bits per heavy atom. The predicted octanol–water partition coefficient (Wildman–Crippen LogP) is 1.60. The molecule has 17 heavy (non-hydrogen) atoms. The molecule has 0 aliphatic rings. The van der Waals surface area contributed by atoms with Gasteiger partial charge >= 0.3 is 0 Å². The van der Waals surface area contributed by atoms with Crippen molar-refractivity contribution < 1.29 is 13.2 Å². The zero-order chi connectivity index (χ0) is 12.9. The van der Waals surface area contributed by atoms with E-state index in [4.69, 9.17) is 10.5 Å². The fourth-order valence-electron chi connectivity index (χ4n) is 1.46. The van der Waals surface area contributed by atoms with Crippen molar-refractivity contribution in [1.82, 2.24) is 0 Å². The fraction of sp³-hybridized carbons (Fsp3) is 0.500. The molecule has 0 spiro atoms. The molecule has 1 aromatic carbocycles. The summed E-state index contributed by atoms with van der Waals surface area (Å²) in [5, 5.41) is 0. The van der Waals surface area contributed by atoms with E-state index in [1.54, 1.807) is 24.3 Å². The van der Waals surface area contributed by atoms with Gasteiger partial charge in [-0.15, -0.1) is 0 Å². The maximum atomic E-state index is 11.3. The van der Waals surface area contributed by atoms with Crippen LogP contribution in [0.25, 0.3) is 0 Å². The zero-order valence-corrected chi connectivity index (χ0v) is 11.0. The molecule has 0 heterocycles. The van der Waals surface area contributed by atoms with Gasteiger partial charge < -0.3 is 10.5 Å². The van der Waals surface area contributed by atoms with Crippen LogP contribution in [-0.2, 0) is 9.84 Å². The van der Waals surface area contributed by atoms with Gasteiger partial charge in [0.2, 0.25) is 0 Å². The normalized spacial score (nSPS) is 13.4. The van der Waals surface area contributed by atoms with Crippen LogP contribution in [-0.4, -0.2) is 27.3 Å². The van der Waals surface area contributed by atoms with Gasteiger partial charge in [-0.3, -0.25) is 0 Å². The summed E-state index contributed by atoms with van der Waals surface area (Å²) in [5.74, 6) is 0.682. The van der Waals surface area contributed by atoms with Crippen molar-refractivity contribution in [3.8, 4) is 5.75 Å². The largest absolute Gasteiger partial charge is 0.491 e. The summed E-state index contributed by atoms with van der Waals surface area (Å²) in [6, 6.07) is 6.46. The lowest BCUT2D eigenvalue weighted by atomic mass is 10.2. The monoisotopic (exact) mass is 257 g/mol. The molecule has 0 saturated heterocycles. The first-order valence-electron chi connectivity index (χ1n) is 5.60. The Morgan fingerprint density at radius 3 is 2.35 bits per heavy atom. The van der Waals surface area contributed by atoms with Crippen LogP contribution >= 0.6 is 0 Å². The molecule has 0 aliphatic heterocycles. The summed E-state index contributed by atoms with van der Waals surface area (Å²) < 4.78 is 28.1. The van der Waals surface area contributed by atoms with Crippen molar-refractivity contribution in [2.24, 2.45) is 5.73 Å². The molecule has 1 aromatic rings. The minimum atomic E-state index is -3.13. The maximum Gasteiger partial charge on any atom is 0.175 e. The molecule has 0 fully saturated rings. The number of nitrogens with two attached hydrogens (primary N) is 1. The highest BCUT2D eigenvalue weighted by Gasteiger charge is 2.08. The standard InChI is InChI=1S/C12H19NO3S/c1-10(4-3-9-13)16-11-5-7-12(8-6-11)17(2,14)15/h5-8,10H,3-4,9,13H2,1-2H3. The summed E-state index contributed by atoms with van der Waals surface area (Å²) in [6.45, 7) is 2.63. The average molecular weight is 257 g/mol. The molecule has 0 amide bonds. The Morgan fingerprint density at radius 1 is 1.29 bits per heavy atom. The van der Waals surface area contributed by atoms with E-state index in [9.17, 15) is 8.42 Å². The molecule has 0 saturated carbocycles. The number of benzene rings is 1. The second kappa shape index (κ2) is 6.02. The molecule has 5 heteroatoms. The summed E-state index contributed by atoms with van der Waals surface area (Å²) in [4.78, 5) is 0.305. The van der Waals surface area contributed by atoms with Crippen LogP contribution in [0.1, 0.15) is 19.8 Å². The summed E-state index contributed by atoms with van der Waals surface area (Å²) >= 11 is 0. The van der Waals surface area contributed by atoms with Crippen molar-refractivity contribution in [1.29, 1.82) is 0 Å². The van der Waals surface area contributed by atoms with E-state index in [1.165, 1.54) is 6.26 Å². The van der Waals surface area contributed by atoms with Crippen LogP contribution < -0.4 is 10.5 Å². The first kappa shape index (κ1) is 14.0. The molecule has 1 rings (SSSR count). The molecule has 0 aliphatic carbocycles. The number of hydrogen-bond donors (Lipinski definition) is 1. The molecule has 1 atom stereocenters. The smallest absolute Gasteiger partial charge is 0.175 e. The van der Waals surface area contributed by atoms with Crippen molar-refractivity contribution in [2.45, 2.75) is 30.8 Å². The van der Waals surface area contributed by atoms with Crippen molar-refractivity contribution in [2.75, 3.05) is 12.8 Å². The van der Waals surface area contributed by atoms with E-state index < -0.39 is 9.84 Å². The number of ether oxygens (including phenoxy) is 1. The van der Waals surface area contributed by atoms with Gasteiger partial charge in [0.25, 0.3) is 0 Å². The molecule has 0 bridgehead atoms. The minimum absolute atomic E-state index is 0.0858. The summed E-state index contributed by atoms with van der Waals surface area (Å²) in [5.41, 5.74) is 5.42. The van der Waals surface area contributed by atoms with E-state index in [0.29, 0.717) is 17.2 Å². The predicted molar refractivity (Wildman–Crippen MR) is 67.9 cm³/mol. The van der Waals surface area contributed by atoms with E-state index >= 15 is 0 Å². The Labute approximate surface area is 103 Å². The van der Waals surface area contributed by atoms with Crippen LogP contribution in [0.3, 0.4) is 0 Å². The van der Waals surface area contributed by atoms with Crippen LogP contribution in [0, 0.1) is 0 Å². The molecule has 1 unspecified atom stereocenters. The van der Waals surface area contributed by atoms with Gasteiger partial charge in [-0.25, -0.2) is 8.42 Å². The topological polar surface area (TPSA) is 69.4 Å². The van der Waals surface area contributed by atoms with Crippen LogP contribution in [0.4, 0.5) is 0 Å². The van der Waals surface area contributed by atoms with Crippen molar-refractivity contribution >= 4 is 9.84 Å². The molecular formula is C12H19NO3S.